The van der Waals surface area contributed by atoms with Crippen LogP contribution in [0.25, 0.3) is 0 Å². The summed E-state index contributed by atoms with van der Waals surface area (Å²) >= 11 is 5.41. The Morgan fingerprint density at radius 1 is 1.38 bits per heavy atom. The van der Waals surface area contributed by atoms with Gasteiger partial charge in [-0.3, -0.25) is 0 Å². The molecule has 1 aliphatic rings. The fourth-order valence-electron chi connectivity index (χ4n) is 1.43. The molecular formula is C11H12ClNO3. The van der Waals surface area contributed by atoms with Crippen LogP contribution in [-0.2, 0) is 6.54 Å². The van der Waals surface area contributed by atoms with Crippen molar-refractivity contribution in [2.75, 3.05) is 13.4 Å². The van der Waals surface area contributed by atoms with Gasteiger partial charge in [-0.15, -0.1) is 0 Å². The van der Waals surface area contributed by atoms with Crippen LogP contribution in [0.4, 0.5) is 0 Å². The number of halogens is 1. The van der Waals surface area contributed by atoms with E-state index in [0.717, 1.165) is 5.56 Å². The molecule has 16 heavy (non-hydrogen) atoms. The Morgan fingerprint density at radius 2 is 2.12 bits per heavy atom. The van der Waals surface area contributed by atoms with Gasteiger partial charge in [-0.05, 0) is 12.1 Å². The molecule has 1 aromatic rings. The molecule has 0 aliphatic carbocycles. The van der Waals surface area contributed by atoms with Crippen molar-refractivity contribution >= 4 is 11.6 Å². The van der Waals surface area contributed by atoms with Crippen LogP contribution in [0.2, 0.25) is 0 Å². The lowest BCUT2D eigenvalue weighted by Gasteiger charge is -2.09. The fraction of sp³-hybridized carbons (Fsp3) is 0.273. The number of rotatable bonds is 4. The Morgan fingerprint density at radius 3 is 2.81 bits per heavy atom. The van der Waals surface area contributed by atoms with E-state index < -0.39 is 0 Å². The Bertz CT molecular complexity index is 406. The van der Waals surface area contributed by atoms with Crippen LogP contribution in [0.3, 0.4) is 0 Å². The highest BCUT2D eigenvalue weighted by Crippen LogP contribution is 2.37. The van der Waals surface area contributed by atoms with E-state index in [4.69, 9.17) is 31.5 Å². The lowest BCUT2D eigenvalue weighted by Crippen LogP contribution is -2.02. The molecule has 0 amide bonds. The van der Waals surface area contributed by atoms with Crippen LogP contribution < -0.4 is 19.9 Å². The van der Waals surface area contributed by atoms with Gasteiger partial charge in [-0.1, -0.05) is 11.6 Å². The summed E-state index contributed by atoms with van der Waals surface area (Å²) in [4.78, 5) is 0. The Hall–Kier alpha value is -1.39. The quantitative estimate of drug-likeness (QED) is 0.876. The molecule has 1 heterocycles. The maximum atomic E-state index is 5.63. The molecule has 0 radical (unpaired) electrons. The van der Waals surface area contributed by atoms with Gasteiger partial charge in [-0.2, -0.15) is 0 Å². The Kier molecular flexibility index (Phi) is 3.54. The van der Waals surface area contributed by atoms with E-state index in [1.807, 2.05) is 6.07 Å². The van der Waals surface area contributed by atoms with Gasteiger partial charge in [0.2, 0.25) is 6.79 Å². The van der Waals surface area contributed by atoms with Crippen molar-refractivity contribution in [3.63, 3.8) is 0 Å². The van der Waals surface area contributed by atoms with Crippen molar-refractivity contribution < 1.29 is 14.2 Å². The molecule has 0 saturated heterocycles. The van der Waals surface area contributed by atoms with E-state index in [2.05, 4.69) is 0 Å². The molecule has 4 nitrogen and oxygen atoms in total. The third-order valence-electron chi connectivity index (χ3n) is 2.20. The first-order valence-corrected chi connectivity index (χ1v) is 5.29. The average Bonchev–Trinajstić information content (AvgIpc) is 2.75. The van der Waals surface area contributed by atoms with Gasteiger partial charge in [0.1, 0.15) is 12.4 Å². The smallest absolute Gasteiger partial charge is 0.231 e. The van der Waals surface area contributed by atoms with Gasteiger partial charge >= 0.3 is 0 Å². The molecule has 86 valence electrons. The predicted octanol–water partition coefficient (Wildman–Crippen LogP) is 2.01. The molecule has 1 aliphatic heterocycles. The molecule has 0 spiro atoms. The van der Waals surface area contributed by atoms with Crippen LogP contribution in [0, 0.1) is 0 Å². The van der Waals surface area contributed by atoms with Crippen molar-refractivity contribution in [1.29, 1.82) is 0 Å². The molecular weight excluding hydrogens is 230 g/mol. The summed E-state index contributed by atoms with van der Waals surface area (Å²) in [5.41, 5.74) is 7.92. The van der Waals surface area contributed by atoms with Crippen molar-refractivity contribution in [3.8, 4) is 17.2 Å². The third kappa shape index (κ3) is 2.23. The number of hydrogen-bond donors (Lipinski definition) is 1. The summed E-state index contributed by atoms with van der Waals surface area (Å²) in [7, 11) is 0. The van der Waals surface area contributed by atoms with Gasteiger partial charge < -0.3 is 19.9 Å². The second-order valence-electron chi connectivity index (χ2n) is 3.19. The molecule has 5 heteroatoms. The van der Waals surface area contributed by atoms with Crippen LogP contribution >= 0.6 is 11.6 Å². The second kappa shape index (κ2) is 5.09. The highest BCUT2D eigenvalue weighted by molar-refractivity contribution is 6.25. The van der Waals surface area contributed by atoms with E-state index in [-0.39, 0.29) is 6.79 Å². The van der Waals surface area contributed by atoms with Crippen LogP contribution in [0.15, 0.2) is 23.7 Å². The van der Waals surface area contributed by atoms with E-state index >= 15 is 0 Å². The zero-order valence-electron chi connectivity index (χ0n) is 8.61. The van der Waals surface area contributed by atoms with Crippen molar-refractivity contribution in [1.82, 2.24) is 0 Å². The van der Waals surface area contributed by atoms with Gasteiger partial charge in [0.25, 0.3) is 0 Å². The number of nitrogens with two attached hydrogens (primary N) is 1. The molecule has 2 rings (SSSR count). The summed E-state index contributed by atoms with van der Waals surface area (Å²) in [5.74, 6) is 2.09. The normalized spacial score (nSPS) is 13.4. The Balaban J connectivity index is 2.21. The minimum atomic E-state index is 0.240. The zero-order valence-corrected chi connectivity index (χ0v) is 9.37. The van der Waals surface area contributed by atoms with E-state index in [0.29, 0.717) is 30.4 Å². The highest BCUT2D eigenvalue weighted by atomic mass is 35.5. The van der Waals surface area contributed by atoms with E-state index in [1.54, 1.807) is 12.1 Å². The van der Waals surface area contributed by atoms with Crippen LogP contribution in [0.5, 0.6) is 17.2 Å². The largest absolute Gasteiger partial charge is 0.489 e. The van der Waals surface area contributed by atoms with Gasteiger partial charge in [0, 0.05) is 23.7 Å². The highest BCUT2D eigenvalue weighted by Gasteiger charge is 2.17. The number of benzene rings is 1. The number of ether oxygens (including phenoxy) is 3. The first-order valence-electron chi connectivity index (χ1n) is 4.85. The first kappa shape index (κ1) is 11.1. The fourth-order valence-corrected chi connectivity index (χ4v) is 1.51. The summed E-state index contributed by atoms with van der Waals surface area (Å²) in [6.07, 6.45) is 1.70. The molecule has 0 aromatic heterocycles. The third-order valence-corrected chi connectivity index (χ3v) is 2.38. The molecule has 0 unspecified atom stereocenters. The van der Waals surface area contributed by atoms with E-state index in [9.17, 15) is 0 Å². The first-order chi connectivity index (χ1) is 7.85. The zero-order chi connectivity index (χ0) is 11.4. The van der Waals surface area contributed by atoms with Crippen LogP contribution in [0.1, 0.15) is 5.56 Å². The average molecular weight is 242 g/mol. The Labute approximate surface area is 98.5 Å². The van der Waals surface area contributed by atoms with Crippen molar-refractivity contribution in [2.24, 2.45) is 5.73 Å². The standard InChI is InChI=1S/C11H12ClNO3/c12-2-1-3-14-9-5-11-10(15-7-16-11)4-8(9)6-13/h1-2,4-5H,3,6-7,13H2. The topological polar surface area (TPSA) is 53.7 Å². The lowest BCUT2D eigenvalue weighted by atomic mass is 10.2. The monoisotopic (exact) mass is 241 g/mol. The minimum Gasteiger partial charge on any atom is -0.489 e. The molecule has 0 bridgehead atoms. The van der Waals surface area contributed by atoms with Gasteiger partial charge in [0.05, 0.1) is 0 Å². The van der Waals surface area contributed by atoms with E-state index in [1.165, 1.54) is 5.54 Å². The maximum Gasteiger partial charge on any atom is 0.231 e. The predicted molar refractivity (Wildman–Crippen MR) is 60.9 cm³/mol. The maximum absolute atomic E-state index is 5.63. The molecule has 0 fully saturated rings. The van der Waals surface area contributed by atoms with Gasteiger partial charge in [-0.25, -0.2) is 0 Å². The number of hydrogen-bond acceptors (Lipinski definition) is 4. The summed E-state index contributed by atoms with van der Waals surface area (Å²) < 4.78 is 16.0. The summed E-state index contributed by atoms with van der Waals surface area (Å²) in [5, 5.41) is 0. The second-order valence-corrected chi connectivity index (χ2v) is 3.44. The van der Waals surface area contributed by atoms with Crippen LogP contribution in [-0.4, -0.2) is 13.4 Å². The van der Waals surface area contributed by atoms with Crippen molar-refractivity contribution in [3.05, 3.63) is 29.3 Å². The molecule has 2 N–H and O–H groups in total. The van der Waals surface area contributed by atoms with Crippen molar-refractivity contribution in [2.45, 2.75) is 6.54 Å². The summed E-state index contributed by atoms with van der Waals surface area (Å²) in [6.45, 7) is 1.02. The van der Waals surface area contributed by atoms with Gasteiger partial charge in [0.15, 0.2) is 11.5 Å². The summed E-state index contributed by atoms with van der Waals surface area (Å²) in [6, 6.07) is 3.62. The molecule has 1 aromatic carbocycles. The minimum absolute atomic E-state index is 0.240. The number of fused-ring (bicyclic) bond motifs is 1. The molecule has 0 atom stereocenters. The SMILES string of the molecule is NCc1cc2c(cc1OCC=CCl)OCO2. The lowest BCUT2D eigenvalue weighted by molar-refractivity contribution is 0.174. The molecule has 0 saturated carbocycles.